The Balaban J connectivity index is 1.65. The van der Waals surface area contributed by atoms with Gasteiger partial charge >= 0.3 is 0 Å². The van der Waals surface area contributed by atoms with Crippen molar-refractivity contribution in [3.8, 4) is 0 Å². The van der Waals surface area contributed by atoms with E-state index in [0.717, 1.165) is 11.3 Å². The van der Waals surface area contributed by atoms with Crippen molar-refractivity contribution in [1.82, 2.24) is 9.58 Å². The molecular weight excluding hydrogens is 372 g/mol. The van der Waals surface area contributed by atoms with Crippen molar-refractivity contribution in [3.05, 3.63) is 75.4 Å². The van der Waals surface area contributed by atoms with Crippen LogP contribution in [0.3, 0.4) is 0 Å². The Morgan fingerprint density at radius 1 is 1.35 bits per heavy atom. The highest BCUT2D eigenvalue weighted by atomic mass is 35.5. The number of hydrazone groups is 1. The minimum Gasteiger partial charge on any atom is -0.467 e. The van der Waals surface area contributed by atoms with Gasteiger partial charge < -0.3 is 8.98 Å². The highest BCUT2D eigenvalue weighted by molar-refractivity contribution is 7.06. The Bertz CT molecular complexity index is 1000. The molecule has 1 aliphatic heterocycles. The van der Waals surface area contributed by atoms with Crippen molar-refractivity contribution in [2.24, 2.45) is 5.10 Å². The third-order valence-electron chi connectivity index (χ3n) is 4.20. The highest BCUT2D eigenvalue weighted by Crippen LogP contribution is 2.33. The van der Waals surface area contributed by atoms with Crippen LogP contribution in [0.15, 0.2) is 63.8 Å². The van der Waals surface area contributed by atoms with E-state index in [-0.39, 0.29) is 18.5 Å². The molecule has 0 fully saturated rings. The van der Waals surface area contributed by atoms with Gasteiger partial charge in [-0.25, -0.2) is 5.01 Å². The van der Waals surface area contributed by atoms with Gasteiger partial charge in [0.15, 0.2) is 4.80 Å². The maximum Gasteiger partial charge on any atom is 0.263 e. The molecule has 8 heteroatoms. The number of rotatable bonds is 4. The zero-order valence-corrected chi connectivity index (χ0v) is 15.2. The molecule has 3 heterocycles. The van der Waals surface area contributed by atoms with Crippen molar-refractivity contribution in [2.75, 3.05) is 0 Å². The molecule has 0 saturated heterocycles. The van der Waals surface area contributed by atoms with E-state index >= 15 is 0 Å². The van der Waals surface area contributed by atoms with E-state index in [2.05, 4.69) is 5.10 Å². The molecule has 1 aliphatic rings. The number of hydrogen-bond donors (Lipinski definition) is 1. The molecular formula is C18H15ClN4O2S. The summed E-state index contributed by atoms with van der Waals surface area (Å²) in [5.74, 6) is 0.500. The van der Waals surface area contributed by atoms with Crippen LogP contribution >= 0.6 is 22.9 Å². The molecule has 1 amide bonds. The van der Waals surface area contributed by atoms with E-state index in [1.807, 2.05) is 18.2 Å². The second-order valence-corrected chi connectivity index (χ2v) is 7.19. The lowest BCUT2D eigenvalue weighted by Gasteiger charge is -2.20. The molecule has 1 unspecified atom stereocenters. The molecule has 132 valence electrons. The second kappa shape index (κ2) is 6.93. The van der Waals surface area contributed by atoms with Crippen LogP contribution in [-0.4, -0.2) is 21.2 Å². The number of hydrogen-bond acceptors (Lipinski definition) is 5. The number of amides is 1. The molecule has 0 aliphatic carbocycles. The fourth-order valence-corrected chi connectivity index (χ4v) is 3.63. The average Bonchev–Trinajstić information content (AvgIpc) is 3.36. The van der Waals surface area contributed by atoms with Crippen molar-refractivity contribution in [2.45, 2.75) is 19.0 Å². The Morgan fingerprint density at radius 3 is 2.81 bits per heavy atom. The number of benzene rings is 1. The number of carbonyl (C=O) groups is 1. The lowest BCUT2D eigenvalue weighted by molar-refractivity contribution is -0.134. The summed E-state index contributed by atoms with van der Waals surface area (Å²) in [6, 6.07) is 10.7. The first-order chi connectivity index (χ1) is 12.6. The van der Waals surface area contributed by atoms with Crippen LogP contribution in [0, 0.1) is 5.41 Å². The Hall–Kier alpha value is -2.64. The zero-order chi connectivity index (χ0) is 18.1. The quantitative estimate of drug-likeness (QED) is 0.743. The largest absolute Gasteiger partial charge is 0.467 e. The fraction of sp³-hybridized carbons (Fsp3) is 0.167. The van der Waals surface area contributed by atoms with Crippen LogP contribution < -0.4 is 4.80 Å². The van der Waals surface area contributed by atoms with E-state index in [9.17, 15) is 4.79 Å². The number of halogens is 1. The summed E-state index contributed by atoms with van der Waals surface area (Å²) in [6.45, 7) is 0.0664. The van der Waals surface area contributed by atoms with Crippen LogP contribution in [0.1, 0.15) is 23.8 Å². The molecule has 1 atom stereocenters. The predicted octanol–water partition coefficient (Wildman–Crippen LogP) is 3.65. The first-order valence-corrected chi connectivity index (χ1v) is 9.25. The molecule has 1 aromatic carbocycles. The molecule has 0 bridgehead atoms. The number of nitrogens with zero attached hydrogens (tertiary/aromatic N) is 3. The van der Waals surface area contributed by atoms with Gasteiger partial charge in [0, 0.05) is 23.0 Å². The van der Waals surface area contributed by atoms with Gasteiger partial charge in [-0.2, -0.15) is 5.10 Å². The predicted molar refractivity (Wildman–Crippen MR) is 99.1 cm³/mol. The first-order valence-electron chi connectivity index (χ1n) is 7.99. The lowest BCUT2D eigenvalue weighted by atomic mass is 10.0. The fourth-order valence-electron chi connectivity index (χ4n) is 2.91. The maximum atomic E-state index is 12.9. The van der Waals surface area contributed by atoms with E-state index in [1.54, 1.807) is 40.6 Å². The number of furan rings is 1. The summed E-state index contributed by atoms with van der Waals surface area (Å²) in [5, 5.41) is 16.3. The standard InChI is InChI=1S/C18H15ClN4O2S/c19-13-5-3-12(4-6-13)14-10-15(16-2-1-8-25-16)23(21-14)17(24)11-22-7-9-26-18(22)20/h1-9,15,20H,10-11H2. The van der Waals surface area contributed by atoms with Gasteiger partial charge in [-0.1, -0.05) is 23.7 Å². The monoisotopic (exact) mass is 386 g/mol. The molecule has 6 nitrogen and oxygen atoms in total. The van der Waals surface area contributed by atoms with Crippen LogP contribution in [0.25, 0.3) is 0 Å². The van der Waals surface area contributed by atoms with Crippen molar-refractivity contribution >= 4 is 34.6 Å². The topological polar surface area (TPSA) is 74.6 Å². The molecule has 2 aromatic heterocycles. The summed E-state index contributed by atoms with van der Waals surface area (Å²) >= 11 is 7.24. The number of carbonyl (C=O) groups excluding carboxylic acids is 1. The van der Waals surface area contributed by atoms with Gasteiger partial charge in [0.2, 0.25) is 0 Å². The molecule has 1 N–H and O–H groups in total. The molecule has 0 saturated carbocycles. The van der Waals surface area contributed by atoms with E-state index in [0.29, 0.717) is 22.0 Å². The first kappa shape index (κ1) is 16.8. The van der Waals surface area contributed by atoms with Gasteiger partial charge in [-0.3, -0.25) is 10.2 Å². The minimum absolute atomic E-state index is 0.0664. The smallest absolute Gasteiger partial charge is 0.263 e. The Labute approximate surface area is 158 Å². The third kappa shape index (κ3) is 3.23. The number of nitrogens with one attached hydrogen (secondary N) is 1. The van der Waals surface area contributed by atoms with E-state index in [4.69, 9.17) is 21.4 Å². The van der Waals surface area contributed by atoms with Gasteiger partial charge in [-0.05, 0) is 29.8 Å². The molecule has 3 aromatic rings. The molecule has 4 rings (SSSR count). The molecule has 0 radical (unpaired) electrons. The summed E-state index contributed by atoms with van der Waals surface area (Å²) < 4.78 is 7.13. The van der Waals surface area contributed by atoms with Gasteiger partial charge in [0.05, 0.1) is 12.0 Å². The third-order valence-corrected chi connectivity index (χ3v) is 5.17. The Morgan fingerprint density at radius 2 is 2.15 bits per heavy atom. The minimum atomic E-state index is -0.295. The summed E-state index contributed by atoms with van der Waals surface area (Å²) in [7, 11) is 0. The Kier molecular flexibility index (Phi) is 4.48. The SMILES string of the molecule is N=c1sccn1CC(=O)N1N=C(c2ccc(Cl)cc2)CC1c1ccco1. The van der Waals surface area contributed by atoms with Crippen molar-refractivity contribution < 1.29 is 9.21 Å². The van der Waals surface area contributed by atoms with Crippen LogP contribution in [0.4, 0.5) is 0 Å². The van der Waals surface area contributed by atoms with Gasteiger partial charge in [0.1, 0.15) is 18.3 Å². The van der Waals surface area contributed by atoms with Crippen molar-refractivity contribution in [3.63, 3.8) is 0 Å². The summed E-state index contributed by atoms with van der Waals surface area (Å²) in [6.07, 6.45) is 3.88. The number of thiazole rings is 1. The summed E-state index contributed by atoms with van der Waals surface area (Å²) in [4.78, 5) is 13.2. The highest BCUT2D eigenvalue weighted by Gasteiger charge is 2.34. The van der Waals surface area contributed by atoms with Gasteiger partial charge in [-0.15, -0.1) is 11.3 Å². The molecule has 26 heavy (non-hydrogen) atoms. The van der Waals surface area contributed by atoms with E-state index < -0.39 is 0 Å². The summed E-state index contributed by atoms with van der Waals surface area (Å²) in [5.41, 5.74) is 1.73. The van der Waals surface area contributed by atoms with Crippen molar-refractivity contribution in [1.29, 1.82) is 5.41 Å². The van der Waals surface area contributed by atoms with Crippen LogP contribution in [0.2, 0.25) is 5.02 Å². The molecule has 0 spiro atoms. The van der Waals surface area contributed by atoms with Crippen LogP contribution in [-0.2, 0) is 11.3 Å². The average molecular weight is 387 g/mol. The zero-order valence-electron chi connectivity index (χ0n) is 13.6. The maximum absolute atomic E-state index is 12.9. The second-order valence-electron chi connectivity index (χ2n) is 5.86. The normalized spacial score (nSPS) is 16.7. The van der Waals surface area contributed by atoms with Crippen LogP contribution in [0.5, 0.6) is 0 Å². The number of aromatic nitrogens is 1. The lowest BCUT2D eigenvalue weighted by Crippen LogP contribution is -2.32. The van der Waals surface area contributed by atoms with Gasteiger partial charge in [0.25, 0.3) is 5.91 Å². The van der Waals surface area contributed by atoms with E-state index in [1.165, 1.54) is 16.3 Å².